The molecule has 3 N–H and O–H groups in total. The number of quaternary nitrogens is 3. The molecule has 9 aliphatic heterocycles. The van der Waals surface area contributed by atoms with Gasteiger partial charge in [0.25, 0.3) is 0 Å². The van der Waals surface area contributed by atoms with Crippen LogP contribution in [0.1, 0.15) is 148 Å². The third-order valence-corrected chi connectivity index (χ3v) is 28.7. The second kappa shape index (κ2) is 39.1. The van der Waals surface area contributed by atoms with Crippen molar-refractivity contribution in [3.8, 4) is 11.5 Å². The Morgan fingerprint density at radius 1 is 0.396 bits per heavy atom. The first-order valence-corrected chi connectivity index (χ1v) is 42.6. The Kier molecular flexibility index (Phi) is 30.8. The van der Waals surface area contributed by atoms with E-state index in [1.165, 1.54) is 58.4 Å². The van der Waals surface area contributed by atoms with Crippen molar-refractivity contribution in [2.75, 3.05) is 91.8 Å². The number of carboxylic acid groups (broad SMARTS) is 2. The van der Waals surface area contributed by atoms with E-state index in [1.807, 2.05) is 125 Å². The quantitative estimate of drug-likeness (QED) is 0.0159. The molecule has 13 heterocycles. The van der Waals surface area contributed by atoms with Gasteiger partial charge in [0.05, 0.1) is 59.0 Å². The maximum absolute atomic E-state index is 13.5. The Balaban J connectivity index is 0.000000162. The first kappa shape index (κ1) is 87.4. The van der Waals surface area contributed by atoms with Crippen LogP contribution in [0.4, 0.5) is 26.3 Å². The van der Waals surface area contributed by atoms with Gasteiger partial charge in [-0.15, -0.1) is 45.3 Å². The van der Waals surface area contributed by atoms with Gasteiger partial charge in [-0.25, -0.2) is 14.4 Å². The molecule has 2 aromatic carbocycles. The van der Waals surface area contributed by atoms with Crippen LogP contribution in [0, 0.1) is 35.5 Å². The van der Waals surface area contributed by atoms with Crippen LogP contribution in [0.5, 0.6) is 11.5 Å². The lowest BCUT2D eigenvalue weighted by atomic mass is 9.82. The van der Waals surface area contributed by atoms with E-state index in [9.17, 15) is 56.0 Å². The van der Waals surface area contributed by atoms with Gasteiger partial charge in [0.2, 0.25) is 0 Å². The molecule has 0 radical (unpaired) electrons. The molecule has 3 saturated carbocycles. The first-order valence-electron chi connectivity index (χ1n) is 39.1. The minimum Gasteiger partial charge on any atom is -1.00 e. The molecule has 6 bridgehead atoms. The van der Waals surface area contributed by atoms with Crippen molar-refractivity contribution >= 4 is 75.2 Å². The average molecular weight is 1690 g/mol. The van der Waals surface area contributed by atoms with Crippen molar-refractivity contribution in [3.05, 3.63) is 150 Å². The van der Waals surface area contributed by atoms with Gasteiger partial charge in [-0.3, -0.25) is 0 Å². The van der Waals surface area contributed by atoms with E-state index >= 15 is 0 Å². The highest BCUT2D eigenvalue weighted by atomic mass is 79.9. The lowest BCUT2D eigenvalue weighted by Crippen LogP contribution is -3.00. The summed E-state index contributed by atoms with van der Waals surface area (Å²) in [5.74, 6) is -4.25. The number of esters is 3. The Morgan fingerprint density at radius 2 is 0.694 bits per heavy atom. The molecule has 0 amide bonds. The zero-order chi connectivity index (χ0) is 78.2. The summed E-state index contributed by atoms with van der Waals surface area (Å²) in [6, 6.07) is 35.7. The fourth-order valence-electron chi connectivity index (χ4n) is 18.6. The highest BCUT2D eigenvalue weighted by Gasteiger charge is 2.57. The predicted octanol–water partition coefficient (Wildman–Crippen LogP) is 9.68. The number of fused-ring (bicyclic) bond motifs is 9. The van der Waals surface area contributed by atoms with Gasteiger partial charge in [0.1, 0.15) is 56.2 Å². The summed E-state index contributed by atoms with van der Waals surface area (Å²) < 4.78 is 96.6. The smallest absolute Gasteiger partial charge is 0.430 e. The topological polar surface area (TPSA) is 238 Å². The van der Waals surface area contributed by atoms with Gasteiger partial charge in [0.15, 0.2) is 35.1 Å². The molecular formula is C82H104BrF6N3O15S4. The van der Waals surface area contributed by atoms with E-state index in [0.717, 1.165) is 233 Å². The number of ether oxygens (including phenoxy) is 5. The number of hydrogen-bond acceptors (Lipinski definition) is 19. The number of hydrogen-bond donors (Lipinski definition) is 3. The van der Waals surface area contributed by atoms with Crippen molar-refractivity contribution in [3.63, 3.8) is 0 Å². The highest BCUT2D eigenvalue weighted by molar-refractivity contribution is 7.11. The molecule has 3 aliphatic carbocycles. The lowest BCUT2D eigenvalue weighted by molar-refractivity contribution is -0.946. The number of rotatable bonds is 25. The third kappa shape index (κ3) is 22.0. The number of thiophene rings is 4. The molecule has 6 atom stereocenters. The van der Waals surface area contributed by atoms with E-state index in [0.29, 0.717) is 31.0 Å². The molecule has 29 heteroatoms. The SMILES string of the molecule is O=C(O[C@@H]1C[N+]2(CCCOc3ccccc3)CCC1CC2)[C@@](O)(c1cccs1)C1CCCC1.O=C(O[C@H]1C[N+]2(CCCc3cccs3)CCC1CC2)[C@@](O)(c1cccs1)C1CCCC1.O=C(O[C@H]1C[N+]2(CCOc3ccccc3)CCC1CC2)[C@@](O)(c1cccs1)C1CCCC1.O=C([O-])C(F)(F)F.O=C([O-])C(F)(F)F.[Br-]. The zero-order valence-corrected chi connectivity index (χ0v) is 67.4. The molecule has 18 nitrogen and oxygen atoms in total. The monoisotopic (exact) mass is 1690 g/mol. The van der Waals surface area contributed by atoms with Crippen LogP contribution < -0.4 is 36.7 Å². The lowest BCUT2D eigenvalue weighted by Gasteiger charge is -2.52. The number of carbonyl (C=O) groups excluding carboxylic acids is 5. The predicted molar refractivity (Wildman–Crippen MR) is 401 cm³/mol. The van der Waals surface area contributed by atoms with Gasteiger partial charge in [-0.1, -0.05) is 99.2 Å². The van der Waals surface area contributed by atoms with Crippen LogP contribution >= 0.6 is 45.3 Å². The number of carboxylic acids is 2. The molecule has 0 unspecified atom stereocenters. The van der Waals surface area contributed by atoms with E-state index < -0.39 is 59.0 Å². The second-order valence-corrected chi connectivity index (χ2v) is 35.4. The number of carbonyl (C=O) groups is 5. The number of halogens is 7. The number of nitrogens with zero attached hydrogens (tertiary/aromatic N) is 3. The van der Waals surface area contributed by atoms with Crippen LogP contribution in [0.3, 0.4) is 0 Å². The van der Waals surface area contributed by atoms with E-state index in [1.54, 1.807) is 0 Å². The highest BCUT2D eigenvalue weighted by Crippen LogP contribution is 2.49. The fourth-order valence-corrected chi connectivity index (χ4v) is 22.1. The van der Waals surface area contributed by atoms with Crippen molar-refractivity contribution in [1.29, 1.82) is 0 Å². The van der Waals surface area contributed by atoms with Crippen molar-refractivity contribution in [2.24, 2.45) is 35.5 Å². The summed E-state index contributed by atoms with van der Waals surface area (Å²) >= 11 is 6.25. The average Bonchev–Trinajstić information content (AvgIpc) is 1.53. The summed E-state index contributed by atoms with van der Waals surface area (Å²) in [4.78, 5) is 61.8. The number of piperidine rings is 9. The maximum Gasteiger partial charge on any atom is 0.430 e. The van der Waals surface area contributed by atoms with Gasteiger partial charge in [-0.2, -0.15) is 26.3 Å². The molecule has 610 valence electrons. The number of benzene rings is 2. The van der Waals surface area contributed by atoms with Crippen LogP contribution in [0.2, 0.25) is 0 Å². The van der Waals surface area contributed by atoms with Crippen LogP contribution in [-0.4, -0.2) is 181 Å². The standard InChI is InChI=1S/C27H36NO4S.C26H34NO4S.C25H34NO3S2.2C2HF3O2.BrH/c29-26(27(30,22-8-4-5-9-22)25-12-6-19-33-25)32-24-20-28(16-13-21(24)14-17-28)15-7-18-31-23-10-2-1-3-11-23;28-25(26(29,21-7-4-5-8-21)24-11-6-18-32-24)31-23-19-27(14-12-20(23)13-15-27)16-17-30-22-9-2-1-3-10-22;27-24(25(28,20-6-1-2-7-20)23-10-5-17-31-23)29-22-18-26(14-11-19(22)12-15-26)13-3-8-21-9-4-16-30-21;2*3-2(4,5)1(6)7;/h1-3,6,10-12,19,21-22,24,30H,4-5,7-9,13-18,20H2;1-3,6,9-11,18,20-21,23,29H,4-5,7-8,12-17,19H2;4-5,9-10,16-17,19-20,22,28H,1-3,6-8,11-15,18H2;2*(H,6,7);1H/q3*+1;;;/p-3/t21?,24-,27+,28?;20?,23-,26-,27?;19?,22-,25-,26?;;;/m100.../s1. The summed E-state index contributed by atoms with van der Waals surface area (Å²) in [6.07, 6.45) is 11.1. The molecule has 111 heavy (non-hydrogen) atoms. The molecule has 18 rings (SSSR count). The Labute approximate surface area is 672 Å². The summed E-state index contributed by atoms with van der Waals surface area (Å²) in [6.45, 7) is 14.1. The Morgan fingerprint density at radius 3 is 0.991 bits per heavy atom. The van der Waals surface area contributed by atoms with Crippen LogP contribution in [0.15, 0.2) is 131 Å². The van der Waals surface area contributed by atoms with E-state index in [-0.39, 0.29) is 53.0 Å². The van der Waals surface area contributed by atoms with Gasteiger partial charge >= 0.3 is 30.3 Å². The second-order valence-electron chi connectivity index (χ2n) is 31.5. The maximum atomic E-state index is 13.5. The molecule has 12 fully saturated rings. The number of alkyl halides is 6. The van der Waals surface area contributed by atoms with Gasteiger partial charge in [0, 0.05) is 106 Å². The van der Waals surface area contributed by atoms with E-state index in [2.05, 4.69) is 17.5 Å². The van der Waals surface area contributed by atoms with Crippen LogP contribution in [-0.2, 0) is 61.4 Å². The number of para-hydroxylation sites is 2. The fraction of sp³-hybridized carbons (Fsp3) is 0.598. The zero-order valence-electron chi connectivity index (χ0n) is 62.5. The summed E-state index contributed by atoms with van der Waals surface area (Å²) in [5, 5.41) is 60.6. The number of aliphatic hydroxyl groups is 3. The number of aryl methyl sites for hydroxylation is 1. The molecule has 4 aromatic heterocycles. The van der Waals surface area contributed by atoms with E-state index in [4.69, 9.17) is 43.5 Å². The largest absolute Gasteiger partial charge is 1.00 e. The Hall–Kier alpha value is -5.99. The van der Waals surface area contributed by atoms with Crippen molar-refractivity contribution in [1.82, 2.24) is 0 Å². The molecule has 6 aromatic rings. The molecule has 12 aliphatic rings. The molecule has 0 spiro atoms. The number of aliphatic carboxylic acids is 2. The van der Waals surface area contributed by atoms with Crippen molar-refractivity contribution < 1.29 is 130 Å². The van der Waals surface area contributed by atoms with Gasteiger partial charge < -0.3 is 89.2 Å². The molecular weight excluding hydrogens is 1590 g/mol. The minimum absolute atomic E-state index is 0. The summed E-state index contributed by atoms with van der Waals surface area (Å²) in [5.41, 5.74) is -4.47. The first-order chi connectivity index (χ1) is 52.7. The van der Waals surface area contributed by atoms with Crippen LogP contribution in [0.25, 0.3) is 0 Å². The summed E-state index contributed by atoms with van der Waals surface area (Å²) in [7, 11) is 0. The third-order valence-electron chi connectivity index (χ3n) is 24.8. The molecule has 9 saturated heterocycles. The van der Waals surface area contributed by atoms with Crippen molar-refractivity contribution in [2.45, 2.75) is 182 Å². The normalized spacial score (nSPS) is 27.0. The minimum atomic E-state index is -5.19. The Bertz CT molecular complexity index is 3800. The van der Waals surface area contributed by atoms with Gasteiger partial charge in [-0.05, 0) is 115 Å².